The van der Waals surface area contributed by atoms with Crippen LogP contribution in [0, 0.1) is 0 Å². The van der Waals surface area contributed by atoms with Crippen LogP contribution < -0.4 is 5.32 Å². The molecule has 0 unspecified atom stereocenters. The zero-order valence-electron chi connectivity index (χ0n) is 8.36. The Morgan fingerprint density at radius 3 is 2.82 bits per heavy atom. The second-order valence-electron chi connectivity index (χ2n) is 3.08. The van der Waals surface area contributed by atoms with Crippen molar-refractivity contribution in [2.24, 2.45) is 0 Å². The van der Waals surface area contributed by atoms with Crippen LogP contribution in [0.4, 0.5) is 19.0 Å². The number of pyridine rings is 1. The fraction of sp³-hybridized carbons (Fsp3) is 0.250. The predicted molar refractivity (Wildman–Crippen MR) is 50.7 cm³/mol. The van der Waals surface area contributed by atoms with Crippen LogP contribution >= 0.6 is 0 Å². The molecule has 2 aromatic heterocycles. The molecule has 9 heteroatoms. The van der Waals surface area contributed by atoms with Crippen molar-refractivity contribution in [1.82, 2.24) is 25.6 Å². The Labute approximate surface area is 93.3 Å². The molecule has 2 heterocycles. The average molecular weight is 244 g/mol. The highest BCUT2D eigenvalue weighted by Gasteiger charge is 2.34. The number of aromatic nitrogens is 5. The molecule has 6 nitrogen and oxygen atoms in total. The Morgan fingerprint density at radius 1 is 1.35 bits per heavy atom. The highest BCUT2D eigenvalue weighted by atomic mass is 19.4. The van der Waals surface area contributed by atoms with E-state index in [2.05, 4.69) is 30.9 Å². The van der Waals surface area contributed by atoms with Crippen molar-refractivity contribution in [3.8, 4) is 0 Å². The van der Waals surface area contributed by atoms with Crippen molar-refractivity contribution >= 4 is 5.82 Å². The number of rotatable bonds is 3. The molecule has 0 atom stereocenters. The summed E-state index contributed by atoms with van der Waals surface area (Å²) >= 11 is 0. The van der Waals surface area contributed by atoms with Crippen LogP contribution in [0.15, 0.2) is 18.3 Å². The Kier molecular flexibility index (Phi) is 2.90. The molecule has 0 amide bonds. The number of hydrogen-bond donors (Lipinski definition) is 2. The summed E-state index contributed by atoms with van der Waals surface area (Å²) in [6.07, 6.45) is -3.18. The quantitative estimate of drug-likeness (QED) is 0.848. The van der Waals surface area contributed by atoms with Crippen molar-refractivity contribution in [1.29, 1.82) is 0 Å². The van der Waals surface area contributed by atoms with Crippen molar-refractivity contribution in [2.45, 2.75) is 12.7 Å². The summed E-state index contributed by atoms with van der Waals surface area (Å²) in [5, 5.41) is 15.2. The van der Waals surface area contributed by atoms with E-state index < -0.39 is 11.7 Å². The summed E-state index contributed by atoms with van der Waals surface area (Å²) in [4.78, 5) is 3.63. The smallest absolute Gasteiger partial charge is 0.362 e. The van der Waals surface area contributed by atoms with E-state index in [1.807, 2.05) is 0 Å². The number of halogens is 3. The number of H-pyrrole nitrogens is 1. The van der Waals surface area contributed by atoms with Crippen LogP contribution in [0.5, 0.6) is 0 Å². The molecule has 0 aliphatic rings. The molecule has 0 aliphatic carbocycles. The fourth-order valence-corrected chi connectivity index (χ4v) is 1.20. The minimum absolute atomic E-state index is 0.0105. The van der Waals surface area contributed by atoms with Crippen molar-refractivity contribution in [2.75, 3.05) is 5.32 Å². The van der Waals surface area contributed by atoms with Crippen molar-refractivity contribution < 1.29 is 13.2 Å². The van der Waals surface area contributed by atoms with Gasteiger partial charge >= 0.3 is 6.18 Å². The van der Waals surface area contributed by atoms with Gasteiger partial charge in [-0.3, -0.25) is 0 Å². The van der Waals surface area contributed by atoms with E-state index in [0.717, 1.165) is 6.07 Å². The molecule has 0 saturated heterocycles. The van der Waals surface area contributed by atoms with Gasteiger partial charge in [-0.2, -0.15) is 18.4 Å². The zero-order chi connectivity index (χ0) is 12.3. The number of hydrogen-bond acceptors (Lipinski definition) is 5. The summed E-state index contributed by atoms with van der Waals surface area (Å²) < 4.78 is 37.8. The minimum atomic E-state index is -4.45. The molecule has 0 bridgehead atoms. The highest BCUT2D eigenvalue weighted by molar-refractivity contribution is 5.45. The van der Waals surface area contributed by atoms with Crippen LogP contribution in [0.1, 0.15) is 11.4 Å². The maximum Gasteiger partial charge on any atom is 0.419 e. The van der Waals surface area contributed by atoms with E-state index in [4.69, 9.17) is 0 Å². The number of nitrogens with one attached hydrogen (secondary N) is 2. The third kappa shape index (κ3) is 2.68. The standard InChI is InChI=1S/C8H7F3N6/c9-8(10,11)5-2-1-3-12-7(5)13-4-6-14-16-17-15-6/h1-3H,4H2,(H,12,13)(H,14,15,16,17). The van der Waals surface area contributed by atoms with E-state index in [1.165, 1.54) is 12.3 Å². The van der Waals surface area contributed by atoms with Gasteiger partial charge in [0.1, 0.15) is 5.82 Å². The second kappa shape index (κ2) is 4.36. The molecule has 2 N–H and O–H groups in total. The van der Waals surface area contributed by atoms with Crippen LogP contribution in [0.25, 0.3) is 0 Å². The van der Waals surface area contributed by atoms with Gasteiger partial charge < -0.3 is 5.32 Å². The molecule has 90 valence electrons. The van der Waals surface area contributed by atoms with Gasteiger partial charge in [-0.1, -0.05) is 5.21 Å². The minimum Gasteiger partial charge on any atom is -0.362 e. The normalized spacial score (nSPS) is 11.5. The molecular weight excluding hydrogens is 237 g/mol. The lowest BCUT2D eigenvalue weighted by atomic mass is 10.2. The number of aromatic amines is 1. The van der Waals surface area contributed by atoms with E-state index in [1.54, 1.807) is 0 Å². The Morgan fingerprint density at radius 2 is 2.18 bits per heavy atom. The third-order valence-electron chi connectivity index (χ3n) is 1.92. The molecule has 2 rings (SSSR count). The first-order chi connectivity index (χ1) is 8.07. The topological polar surface area (TPSA) is 79.4 Å². The monoisotopic (exact) mass is 244 g/mol. The molecule has 0 aliphatic heterocycles. The molecule has 2 aromatic rings. The molecule has 0 radical (unpaired) electrons. The lowest BCUT2D eigenvalue weighted by molar-refractivity contribution is -0.137. The molecule has 0 spiro atoms. The van der Waals surface area contributed by atoms with Gasteiger partial charge in [0.05, 0.1) is 12.1 Å². The van der Waals surface area contributed by atoms with Gasteiger partial charge in [0.25, 0.3) is 0 Å². The molecule has 0 saturated carbocycles. The number of nitrogens with zero attached hydrogens (tertiary/aromatic N) is 4. The van der Waals surface area contributed by atoms with E-state index in [9.17, 15) is 13.2 Å². The van der Waals surface area contributed by atoms with E-state index in [0.29, 0.717) is 0 Å². The summed E-state index contributed by atoms with van der Waals surface area (Å²) in [5.74, 6) is -0.00595. The van der Waals surface area contributed by atoms with E-state index >= 15 is 0 Å². The van der Waals surface area contributed by atoms with Gasteiger partial charge in [0, 0.05) is 6.20 Å². The summed E-state index contributed by atoms with van der Waals surface area (Å²) in [6.45, 7) is 0.0105. The Hall–Kier alpha value is -2.19. The fourth-order valence-electron chi connectivity index (χ4n) is 1.20. The lowest BCUT2D eigenvalue weighted by Gasteiger charge is -2.11. The first-order valence-corrected chi connectivity index (χ1v) is 4.56. The maximum atomic E-state index is 12.6. The van der Waals surface area contributed by atoms with Gasteiger partial charge in [-0.05, 0) is 12.1 Å². The van der Waals surface area contributed by atoms with Crippen LogP contribution in [-0.2, 0) is 12.7 Å². The number of alkyl halides is 3. The van der Waals surface area contributed by atoms with E-state index in [-0.39, 0.29) is 18.2 Å². The van der Waals surface area contributed by atoms with Gasteiger partial charge in [0.2, 0.25) is 0 Å². The number of tetrazole rings is 1. The Balaban J connectivity index is 2.16. The SMILES string of the molecule is FC(F)(F)c1cccnc1NCc1nn[nH]n1. The molecular formula is C8H7F3N6. The van der Waals surface area contributed by atoms with Crippen LogP contribution in [0.2, 0.25) is 0 Å². The number of anilines is 1. The highest BCUT2D eigenvalue weighted by Crippen LogP contribution is 2.33. The van der Waals surface area contributed by atoms with Gasteiger partial charge in [-0.15, -0.1) is 10.2 Å². The summed E-state index contributed by atoms with van der Waals surface area (Å²) in [6, 6.07) is 2.17. The van der Waals surface area contributed by atoms with Crippen molar-refractivity contribution in [3.63, 3.8) is 0 Å². The molecule has 17 heavy (non-hydrogen) atoms. The molecule has 0 fully saturated rings. The van der Waals surface area contributed by atoms with Crippen LogP contribution in [-0.4, -0.2) is 25.6 Å². The van der Waals surface area contributed by atoms with Gasteiger partial charge in [0.15, 0.2) is 5.82 Å². The zero-order valence-corrected chi connectivity index (χ0v) is 8.36. The largest absolute Gasteiger partial charge is 0.419 e. The third-order valence-corrected chi connectivity index (χ3v) is 1.92. The van der Waals surface area contributed by atoms with Gasteiger partial charge in [-0.25, -0.2) is 4.98 Å². The first-order valence-electron chi connectivity index (χ1n) is 4.56. The predicted octanol–water partition coefficient (Wildman–Crippen LogP) is 1.23. The summed E-state index contributed by atoms with van der Waals surface area (Å²) in [5.41, 5.74) is -0.830. The Bertz CT molecular complexity index is 480. The molecule has 0 aromatic carbocycles. The first kappa shape index (κ1) is 11.3. The van der Waals surface area contributed by atoms with Crippen molar-refractivity contribution in [3.05, 3.63) is 29.7 Å². The maximum absolute atomic E-state index is 12.6. The summed E-state index contributed by atoms with van der Waals surface area (Å²) in [7, 11) is 0. The average Bonchev–Trinajstić information content (AvgIpc) is 2.78. The lowest BCUT2D eigenvalue weighted by Crippen LogP contribution is -2.12. The second-order valence-corrected chi connectivity index (χ2v) is 3.08. The van der Waals surface area contributed by atoms with Crippen LogP contribution in [0.3, 0.4) is 0 Å².